The first-order valence-electron chi connectivity index (χ1n) is 9.71. The fraction of sp³-hybridized carbons (Fsp3) is 0.500. The van der Waals surface area contributed by atoms with Crippen molar-refractivity contribution >= 4 is 10.2 Å². The Balaban J connectivity index is 1.55. The zero-order valence-corrected chi connectivity index (χ0v) is 16.5. The lowest BCUT2D eigenvalue weighted by molar-refractivity contribution is 0.282. The van der Waals surface area contributed by atoms with Gasteiger partial charge >= 0.3 is 0 Å². The molecule has 1 aromatic carbocycles. The van der Waals surface area contributed by atoms with Gasteiger partial charge < -0.3 is 0 Å². The molecule has 6 nitrogen and oxygen atoms in total. The van der Waals surface area contributed by atoms with E-state index < -0.39 is 10.2 Å². The first-order chi connectivity index (χ1) is 13.0. The summed E-state index contributed by atoms with van der Waals surface area (Å²) in [5, 5.41) is 0. The van der Waals surface area contributed by atoms with Gasteiger partial charge in [0.25, 0.3) is 10.2 Å². The van der Waals surface area contributed by atoms with Gasteiger partial charge in [-0.2, -0.15) is 17.4 Å². The second-order valence-electron chi connectivity index (χ2n) is 7.61. The van der Waals surface area contributed by atoms with Crippen LogP contribution in [0.1, 0.15) is 49.9 Å². The van der Waals surface area contributed by atoms with Crippen LogP contribution in [-0.4, -0.2) is 35.8 Å². The molecule has 4 rings (SSSR count). The van der Waals surface area contributed by atoms with Gasteiger partial charge in [-0.05, 0) is 38.0 Å². The number of hydrogen-bond donors (Lipinski definition) is 1. The highest BCUT2D eigenvalue weighted by molar-refractivity contribution is 7.87. The number of benzene rings is 1. The van der Waals surface area contributed by atoms with Crippen molar-refractivity contribution in [3.8, 4) is 11.4 Å². The molecule has 0 saturated carbocycles. The molecule has 0 unspecified atom stereocenters. The fourth-order valence-electron chi connectivity index (χ4n) is 3.88. The Bertz CT molecular complexity index is 893. The number of piperidine rings is 1. The maximum atomic E-state index is 12.8. The van der Waals surface area contributed by atoms with Crippen molar-refractivity contribution in [3.05, 3.63) is 47.8 Å². The van der Waals surface area contributed by atoms with Crippen LogP contribution < -0.4 is 4.72 Å². The van der Waals surface area contributed by atoms with Crippen molar-refractivity contribution in [1.29, 1.82) is 0 Å². The van der Waals surface area contributed by atoms with Crippen molar-refractivity contribution in [2.75, 3.05) is 13.1 Å². The van der Waals surface area contributed by atoms with Crippen molar-refractivity contribution in [2.24, 2.45) is 5.92 Å². The molecule has 1 aromatic heterocycles. The van der Waals surface area contributed by atoms with E-state index in [1.165, 1.54) is 0 Å². The molecule has 2 heterocycles. The van der Waals surface area contributed by atoms with E-state index in [-0.39, 0.29) is 6.04 Å². The molecule has 2 aliphatic rings. The summed E-state index contributed by atoms with van der Waals surface area (Å²) in [7, 11) is -3.48. The van der Waals surface area contributed by atoms with E-state index in [1.807, 2.05) is 30.3 Å². The first kappa shape index (κ1) is 18.5. The van der Waals surface area contributed by atoms with Crippen LogP contribution in [0.15, 0.2) is 36.5 Å². The minimum absolute atomic E-state index is 0.247. The molecule has 0 spiro atoms. The van der Waals surface area contributed by atoms with Crippen LogP contribution in [0.4, 0.5) is 0 Å². The number of fused-ring (bicyclic) bond motifs is 1. The minimum atomic E-state index is -3.48. The Labute approximate surface area is 161 Å². The molecule has 0 amide bonds. The van der Waals surface area contributed by atoms with Crippen LogP contribution in [0.25, 0.3) is 11.4 Å². The number of hydrogen-bond acceptors (Lipinski definition) is 4. The van der Waals surface area contributed by atoms with Gasteiger partial charge in [-0.3, -0.25) is 0 Å². The maximum absolute atomic E-state index is 12.8. The minimum Gasteiger partial charge on any atom is -0.236 e. The highest BCUT2D eigenvalue weighted by atomic mass is 32.2. The summed E-state index contributed by atoms with van der Waals surface area (Å²) in [6.45, 7) is 3.37. The third-order valence-corrected chi connectivity index (χ3v) is 7.21. The highest BCUT2D eigenvalue weighted by Gasteiger charge is 2.31. The Morgan fingerprint density at radius 1 is 1.11 bits per heavy atom. The summed E-state index contributed by atoms with van der Waals surface area (Å²) in [6, 6.07) is 9.63. The van der Waals surface area contributed by atoms with Crippen molar-refractivity contribution in [3.63, 3.8) is 0 Å². The monoisotopic (exact) mass is 386 g/mol. The van der Waals surface area contributed by atoms with Gasteiger partial charge in [-0.15, -0.1) is 0 Å². The van der Waals surface area contributed by atoms with E-state index in [1.54, 1.807) is 10.5 Å². The highest BCUT2D eigenvalue weighted by Crippen LogP contribution is 2.31. The van der Waals surface area contributed by atoms with Crippen LogP contribution >= 0.6 is 0 Å². The average Bonchev–Trinajstić information content (AvgIpc) is 2.68. The zero-order valence-electron chi connectivity index (χ0n) is 15.6. The quantitative estimate of drug-likeness (QED) is 0.876. The van der Waals surface area contributed by atoms with Crippen molar-refractivity contribution in [2.45, 2.75) is 45.1 Å². The smallest absolute Gasteiger partial charge is 0.236 e. The molecular weight excluding hydrogens is 360 g/mol. The molecule has 1 atom stereocenters. The largest absolute Gasteiger partial charge is 0.280 e. The van der Waals surface area contributed by atoms with Gasteiger partial charge in [-0.1, -0.05) is 37.3 Å². The topological polar surface area (TPSA) is 75.2 Å². The van der Waals surface area contributed by atoms with E-state index in [4.69, 9.17) is 4.98 Å². The molecule has 0 radical (unpaired) electrons. The van der Waals surface area contributed by atoms with Crippen molar-refractivity contribution in [1.82, 2.24) is 19.0 Å². The summed E-state index contributed by atoms with van der Waals surface area (Å²) in [4.78, 5) is 9.23. The summed E-state index contributed by atoms with van der Waals surface area (Å²) < 4.78 is 30.2. The van der Waals surface area contributed by atoms with E-state index >= 15 is 0 Å². The van der Waals surface area contributed by atoms with Crippen LogP contribution in [0.3, 0.4) is 0 Å². The van der Waals surface area contributed by atoms with Gasteiger partial charge in [0, 0.05) is 36.1 Å². The van der Waals surface area contributed by atoms with Crippen LogP contribution in [0.5, 0.6) is 0 Å². The van der Waals surface area contributed by atoms with Crippen LogP contribution in [0, 0.1) is 5.92 Å². The number of aromatic nitrogens is 2. The second-order valence-corrected chi connectivity index (χ2v) is 9.31. The van der Waals surface area contributed by atoms with Crippen LogP contribution in [0.2, 0.25) is 0 Å². The van der Waals surface area contributed by atoms with E-state index in [0.717, 1.165) is 48.9 Å². The Morgan fingerprint density at radius 2 is 1.85 bits per heavy atom. The maximum Gasteiger partial charge on any atom is 0.280 e. The fourth-order valence-corrected chi connectivity index (χ4v) is 5.32. The lowest BCUT2D eigenvalue weighted by Gasteiger charge is -2.32. The molecule has 1 N–H and O–H groups in total. The van der Waals surface area contributed by atoms with Gasteiger partial charge in [-0.25, -0.2) is 9.97 Å². The third-order valence-electron chi connectivity index (χ3n) is 5.59. The summed E-state index contributed by atoms with van der Waals surface area (Å²) >= 11 is 0. The average molecular weight is 387 g/mol. The van der Waals surface area contributed by atoms with Crippen LogP contribution in [-0.2, 0) is 16.6 Å². The third kappa shape index (κ3) is 4.05. The molecule has 1 saturated heterocycles. The Hall–Kier alpha value is -1.83. The zero-order chi connectivity index (χ0) is 18.9. The summed E-state index contributed by atoms with van der Waals surface area (Å²) in [6.07, 6.45) is 6.21. The number of nitrogens with one attached hydrogen (secondary N) is 1. The SMILES string of the molecule is CC1CCN(S(=O)(=O)N[C@@H]2CCCc3nc(-c4ccccc4)ncc32)CC1. The van der Waals surface area contributed by atoms with Gasteiger partial charge in [0.05, 0.1) is 6.04 Å². The molecule has 2 aromatic rings. The Morgan fingerprint density at radius 3 is 2.59 bits per heavy atom. The second kappa shape index (κ2) is 7.66. The first-order valence-corrected chi connectivity index (χ1v) is 11.2. The molecular formula is C20H26N4O2S. The molecule has 1 aliphatic heterocycles. The molecule has 1 fully saturated rings. The van der Waals surface area contributed by atoms with E-state index in [0.29, 0.717) is 24.8 Å². The summed E-state index contributed by atoms with van der Waals surface area (Å²) in [5.41, 5.74) is 2.84. The number of nitrogens with zero attached hydrogens (tertiary/aromatic N) is 3. The van der Waals surface area contributed by atoms with Gasteiger partial charge in [0.15, 0.2) is 5.82 Å². The van der Waals surface area contributed by atoms with Gasteiger partial charge in [0.1, 0.15) is 0 Å². The number of rotatable bonds is 4. The lowest BCUT2D eigenvalue weighted by Crippen LogP contribution is -2.46. The van der Waals surface area contributed by atoms with E-state index in [2.05, 4.69) is 16.6 Å². The van der Waals surface area contributed by atoms with E-state index in [9.17, 15) is 8.42 Å². The molecule has 27 heavy (non-hydrogen) atoms. The molecule has 144 valence electrons. The normalized spacial score (nSPS) is 21.7. The number of aryl methyl sites for hydroxylation is 1. The molecule has 7 heteroatoms. The van der Waals surface area contributed by atoms with Gasteiger partial charge in [0.2, 0.25) is 0 Å². The standard InChI is InChI=1S/C20H26N4O2S/c1-15-10-12-24(13-11-15)27(25,26)23-19-9-5-8-18-17(19)14-21-20(22-18)16-6-3-2-4-7-16/h2-4,6-7,14-15,19,23H,5,8-13H2,1H3/t19-/m1/s1. The predicted octanol–water partition coefficient (Wildman–Crippen LogP) is 3.09. The van der Waals surface area contributed by atoms with Crippen molar-refractivity contribution < 1.29 is 8.42 Å². The molecule has 1 aliphatic carbocycles. The molecule has 0 bridgehead atoms. The lowest BCUT2D eigenvalue weighted by atomic mass is 9.93. The summed E-state index contributed by atoms with van der Waals surface area (Å²) in [5.74, 6) is 1.29. The predicted molar refractivity (Wildman–Crippen MR) is 105 cm³/mol. The Kier molecular flexibility index (Phi) is 5.25.